The van der Waals surface area contributed by atoms with Gasteiger partial charge >= 0.3 is 0 Å². The summed E-state index contributed by atoms with van der Waals surface area (Å²) in [5.41, 5.74) is 7.65. The van der Waals surface area contributed by atoms with Crippen LogP contribution in [0.5, 0.6) is 0 Å². The molecule has 0 fully saturated rings. The van der Waals surface area contributed by atoms with E-state index in [0.717, 1.165) is 23.3 Å². The van der Waals surface area contributed by atoms with E-state index in [1.807, 2.05) is 25.1 Å². The van der Waals surface area contributed by atoms with Crippen LogP contribution in [0.4, 0.5) is 0 Å². The van der Waals surface area contributed by atoms with Crippen molar-refractivity contribution in [1.82, 2.24) is 9.55 Å². The third kappa shape index (κ3) is 2.16. The lowest BCUT2D eigenvalue weighted by Gasteiger charge is -2.18. The Balaban J connectivity index is 2.52. The standard InChI is InChI=1S/C13H18N4/c1-3-10(8-13(14)15)17-9(2)16-11-6-4-5-7-12(11)17/h4-7,10H,3,8H2,1-2H3,(H3,14,15). The molecule has 90 valence electrons. The second kappa shape index (κ2) is 4.57. The molecule has 0 saturated carbocycles. The van der Waals surface area contributed by atoms with Crippen molar-refractivity contribution >= 4 is 16.9 Å². The number of nitrogens with one attached hydrogen (secondary N) is 1. The highest BCUT2D eigenvalue weighted by molar-refractivity contribution is 5.79. The highest BCUT2D eigenvalue weighted by Crippen LogP contribution is 2.24. The van der Waals surface area contributed by atoms with Gasteiger partial charge in [0, 0.05) is 12.5 Å². The topological polar surface area (TPSA) is 67.7 Å². The molecule has 3 N–H and O–H groups in total. The van der Waals surface area contributed by atoms with Crippen molar-refractivity contribution in [3.8, 4) is 0 Å². The van der Waals surface area contributed by atoms with Crippen LogP contribution in [0.1, 0.15) is 31.6 Å². The number of aryl methyl sites for hydroxylation is 1. The molecule has 1 unspecified atom stereocenters. The lowest BCUT2D eigenvalue weighted by molar-refractivity contribution is 0.502. The van der Waals surface area contributed by atoms with E-state index in [-0.39, 0.29) is 11.9 Å². The molecule has 0 amide bonds. The number of nitrogens with zero attached hydrogens (tertiary/aromatic N) is 2. The van der Waals surface area contributed by atoms with Crippen LogP contribution >= 0.6 is 0 Å². The molecular formula is C13H18N4. The van der Waals surface area contributed by atoms with Crippen LogP contribution in [-0.4, -0.2) is 15.4 Å². The second-order valence-electron chi connectivity index (χ2n) is 4.31. The number of imidazole rings is 1. The van der Waals surface area contributed by atoms with Crippen molar-refractivity contribution in [1.29, 1.82) is 5.41 Å². The molecule has 0 radical (unpaired) electrons. The van der Waals surface area contributed by atoms with Gasteiger partial charge in [-0.05, 0) is 25.5 Å². The number of hydrogen-bond donors (Lipinski definition) is 2. The fourth-order valence-electron chi connectivity index (χ4n) is 2.30. The fraction of sp³-hybridized carbons (Fsp3) is 0.385. The number of hydrogen-bond acceptors (Lipinski definition) is 2. The molecule has 1 heterocycles. The van der Waals surface area contributed by atoms with Crippen molar-refractivity contribution in [2.75, 3.05) is 0 Å². The predicted octanol–water partition coefficient (Wildman–Crippen LogP) is 2.62. The second-order valence-corrected chi connectivity index (χ2v) is 4.31. The Kier molecular flexibility index (Phi) is 3.13. The summed E-state index contributed by atoms with van der Waals surface area (Å²) in [4.78, 5) is 4.54. The Morgan fingerprint density at radius 1 is 1.47 bits per heavy atom. The van der Waals surface area contributed by atoms with Gasteiger partial charge in [-0.15, -0.1) is 0 Å². The highest BCUT2D eigenvalue weighted by atomic mass is 15.1. The van der Waals surface area contributed by atoms with E-state index in [0.29, 0.717) is 6.42 Å². The summed E-state index contributed by atoms with van der Waals surface area (Å²) in [5, 5.41) is 7.45. The summed E-state index contributed by atoms with van der Waals surface area (Å²) in [6, 6.07) is 8.31. The number of rotatable bonds is 4. The van der Waals surface area contributed by atoms with Gasteiger partial charge in [0.15, 0.2) is 0 Å². The quantitative estimate of drug-likeness (QED) is 0.626. The molecule has 0 aliphatic carbocycles. The maximum absolute atomic E-state index is 7.45. The first kappa shape index (κ1) is 11.6. The van der Waals surface area contributed by atoms with Gasteiger partial charge in [-0.3, -0.25) is 5.41 Å². The normalized spacial score (nSPS) is 12.8. The number of para-hydroxylation sites is 2. The Bertz CT molecular complexity index is 541. The van der Waals surface area contributed by atoms with Crippen molar-refractivity contribution < 1.29 is 0 Å². The molecule has 0 aliphatic rings. The Morgan fingerprint density at radius 2 is 2.18 bits per heavy atom. The molecule has 1 aromatic heterocycles. The first-order valence-electron chi connectivity index (χ1n) is 5.90. The maximum atomic E-state index is 7.45. The third-order valence-corrected chi connectivity index (χ3v) is 3.06. The minimum absolute atomic E-state index is 0.222. The molecular weight excluding hydrogens is 212 g/mol. The summed E-state index contributed by atoms with van der Waals surface area (Å²) in [6.07, 6.45) is 1.53. The van der Waals surface area contributed by atoms with Gasteiger partial charge in [0.1, 0.15) is 5.82 Å². The Hall–Kier alpha value is -1.84. The molecule has 0 spiro atoms. The molecule has 4 heteroatoms. The number of nitrogens with two attached hydrogens (primary N) is 1. The van der Waals surface area contributed by atoms with Crippen LogP contribution in [-0.2, 0) is 0 Å². The lowest BCUT2D eigenvalue weighted by atomic mass is 10.1. The minimum Gasteiger partial charge on any atom is -0.388 e. The summed E-state index contributed by atoms with van der Waals surface area (Å²) >= 11 is 0. The van der Waals surface area contributed by atoms with Crippen molar-refractivity contribution in [3.63, 3.8) is 0 Å². The largest absolute Gasteiger partial charge is 0.388 e. The van der Waals surface area contributed by atoms with E-state index in [9.17, 15) is 0 Å². The first-order chi connectivity index (χ1) is 8.13. The summed E-state index contributed by atoms with van der Waals surface area (Å²) in [7, 11) is 0. The van der Waals surface area contributed by atoms with Gasteiger partial charge in [0.25, 0.3) is 0 Å². The van der Waals surface area contributed by atoms with Crippen molar-refractivity contribution in [2.45, 2.75) is 32.7 Å². The third-order valence-electron chi connectivity index (χ3n) is 3.06. The monoisotopic (exact) mass is 230 g/mol. The zero-order valence-corrected chi connectivity index (χ0v) is 10.3. The van der Waals surface area contributed by atoms with Crippen LogP contribution < -0.4 is 5.73 Å². The van der Waals surface area contributed by atoms with Crippen LogP contribution in [0.15, 0.2) is 24.3 Å². The summed E-state index contributed by atoms with van der Waals surface area (Å²) < 4.78 is 2.19. The van der Waals surface area contributed by atoms with Crippen molar-refractivity contribution in [2.24, 2.45) is 5.73 Å². The fourth-order valence-corrected chi connectivity index (χ4v) is 2.30. The van der Waals surface area contributed by atoms with E-state index in [2.05, 4.69) is 22.5 Å². The molecule has 0 saturated heterocycles. The van der Waals surface area contributed by atoms with E-state index < -0.39 is 0 Å². The van der Waals surface area contributed by atoms with Crippen LogP contribution in [0, 0.1) is 12.3 Å². The summed E-state index contributed by atoms with van der Waals surface area (Å²) in [6.45, 7) is 4.12. The Morgan fingerprint density at radius 3 is 2.82 bits per heavy atom. The average Bonchev–Trinajstić information content (AvgIpc) is 2.62. The molecule has 2 rings (SSSR count). The van der Waals surface area contributed by atoms with Crippen LogP contribution in [0.3, 0.4) is 0 Å². The van der Waals surface area contributed by atoms with Gasteiger partial charge in [-0.1, -0.05) is 19.1 Å². The molecule has 0 bridgehead atoms. The average molecular weight is 230 g/mol. The number of fused-ring (bicyclic) bond motifs is 1. The van der Waals surface area contributed by atoms with Crippen molar-refractivity contribution in [3.05, 3.63) is 30.1 Å². The number of amidine groups is 1. The van der Waals surface area contributed by atoms with Gasteiger partial charge in [0.05, 0.1) is 16.9 Å². The maximum Gasteiger partial charge on any atom is 0.106 e. The van der Waals surface area contributed by atoms with Crippen LogP contribution in [0.2, 0.25) is 0 Å². The number of aromatic nitrogens is 2. The Labute approximate surface area is 101 Å². The smallest absolute Gasteiger partial charge is 0.106 e. The molecule has 0 aliphatic heterocycles. The van der Waals surface area contributed by atoms with Gasteiger partial charge in [-0.2, -0.15) is 0 Å². The predicted molar refractivity (Wildman–Crippen MR) is 70.3 cm³/mol. The molecule has 4 nitrogen and oxygen atoms in total. The lowest BCUT2D eigenvalue weighted by Crippen LogP contribution is -2.19. The minimum atomic E-state index is 0.222. The summed E-state index contributed by atoms with van der Waals surface area (Å²) in [5.74, 6) is 1.22. The van der Waals surface area contributed by atoms with E-state index in [1.54, 1.807) is 0 Å². The van der Waals surface area contributed by atoms with E-state index in [4.69, 9.17) is 11.1 Å². The molecule has 1 aromatic carbocycles. The zero-order chi connectivity index (χ0) is 12.4. The van der Waals surface area contributed by atoms with Gasteiger partial charge < -0.3 is 10.3 Å². The molecule has 17 heavy (non-hydrogen) atoms. The first-order valence-corrected chi connectivity index (χ1v) is 5.90. The molecule has 2 aromatic rings. The number of benzene rings is 1. The zero-order valence-electron chi connectivity index (χ0n) is 10.3. The highest BCUT2D eigenvalue weighted by Gasteiger charge is 2.16. The molecule has 1 atom stereocenters. The van der Waals surface area contributed by atoms with Gasteiger partial charge in [-0.25, -0.2) is 4.98 Å². The van der Waals surface area contributed by atoms with E-state index in [1.165, 1.54) is 0 Å². The van der Waals surface area contributed by atoms with Gasteiger partial charge in [0.2, 0.25) is 0 Å². The SMILES string of the molecule is CCC(CC(=N)N)n1c(C)nc2ccccc21. The van der Waals surface area contributed by atoms with E-state index >= 15 is 0 Å². The van der Waals surface area contributed by atoms with Crippen LogP contribution in [0.25, 0.3) is 11.0 Å².